The molecule has 2 heterocycles. The van der Waals surface area contributed by atoms with Crippen molar-refractivity contribution >= 4 is 46.8 Å². The largest absolute Gasteiger partial charge is 0.467 e. The number of hydrogen-bond donors (Lipinski definition) is 2. The Hall–Kier alpha value is -2.49. The number of amides is 2. The fraction of sp³-hybridized carbons (Fsp3) is 0.300. The summed E-state index contributed by atoms with van der Waals surface area (Å²) < 4.78 is 7.23. The van der Waals surface area contributed by atoms with Crippen molar-refractivity contribution in [1.82, 2.24) is 20.1 Å². The second-order valence-corrected chi connectivity index (χ2v) is 8.54. The lowest BCUT2D eigenvalue weighted by Gasteiger charge is -2.15. The molecule has 1 aromatic carbocycles. The van der Waals surface area contributed by atoms with Gasteiger partial charge in [0.15, 0.2) is 5.16 Å². The van der Waals surface area contributed by atoms with Crippen molar-refractivity contribution in [2.45, 2.75) is 37.5 Å². The number of aryl methyl sites for hydroxylation is 1. The molecule has 31 heavy (non-hydrogen) atoms. The lowest BCUT2D eigenvalue weighted by molar-refractivity contribution is -0.119. The average molecular weight is 482 g/mol. The van der Waals surface area contributed by atoms with Gasteiger partial charge in [0.1, 0.15) is 11.6 Å². The Kier molecular flexibility index (Phi) is 8.00. The van der Waals surface area contributed by atoms with Crippen molar-refractivity contribution < 1.29 is 14.0 Å². The number of aromatic nitrogens is 3. The summed E-state index contributed by atoms with van der Waals surface area (Å²) in [5.41, 5.74) is 6.10. The van der Waals surface area contributed by atoms with E-state index >= 15 is 0 Å². The topological polar surface area (TPSA) is 116 Å². The van der Waals surface area contributed by atoms with Gasteiger partial charge in [-0.15, -0.1) is 10.2 Å². The standard InChI is InChI=1S/C20H21Cl2N5O3S/c1-12(13-4-5-15(21)16(22)9-13)24-19(29)11-31-20-26-25-18(7-6-17(23)28)27(20)10-14-3-2-8-30-14/h2-5,8-9,12H,6-7,10-11H2,1H3,(H2,23,28)(H,24,29). The zero-order valence-electron chi connectivity index (χ0n) is 16.7. The number of carbonyl (C=O) groups excluding carboxylic acids is 2. The maximum atomic E-state index is 12.5. The lowest BCUT2D eigenvalue weighted by atomic mass is 10.1. The average Bonchev–Trinajstić information content (AvgIpc) is 3.37. The molecular weight excluding hydrogens is 461 g/mol. The van der Waals surface area contributed by atoms with E-state index in [1.54, 1.807) is 24.5 Å². The maximum Gasteiger partial charge on any atom is 0.230 e. The molecule has 0 saturated heterocycles. The molecule has 3 N–H and O–H groups in total. The van der Waals surface area contributed by atoms with Crippen molar-refractivity contribution in [3.05, 3.63) is 63.8 Å². The third-order valence-electron chi connectivity index (χ3n) is 4.44. The minimum Gasteiger partial charge on any atom is -0.467 e. The minimum absolute atomic E-state index is 0.137. The molecule has 3 aromatic rings. The number of benzene rings is 1. The van der Waals surface area contributed by atoms with E-state index in [-0.39, 0.29) is 24.1 Å². The van der Waals surface area contributed by atoms with Crippen LogP contribution in [0.1, 0.15) is 36.5 Å². The number of rotatable bonds is 10. The molecule has 0 bridgehead atoms. The summed E-state index contributed by atoms with van der Waals surface area (Å²) in [6, 6.07) is 8.62. The van der Waals surface area contributed by atoms with Crippen LogP contribution >= 0.6 is 35.0 Å². The van der Waals surface area contributed by atoms with Gasteiger partial charge in [0.2, 0.25) is 11.8 Å². The highest BCUT2D eigenvalue weighted by atomic mass is 35.5. The molecule has 11 heteroatoms. The van der Waals surface area contributed by atoms with Gasteiger partial charge in [-0.2, -0.15) is 0 Å². The van der Waals surface area contributed by atoms with Gasteiger partial charge in [-0.3, -0.25) is 14.2 Å². The number of nitrogens with zero attached hydrogens (tertiary/aromatic N) is 3. The fourth-order valence-corrected chi connectivity index (χ4v) is 3.92. The van der Waals surface area contributed by atoms with Gasteiger partial charge in [-0.25, -0.2) is 0 Å². The second kappa shape index (κ2) is 10.7. The minimum atomic E-state index is -0.419. The first-order chi connectivity index (χ1) is 14.8. The fourth-order valence-electron chi connectivity index (χ4n) is 2.84. The summed E-state index contributed by atoms with van der Waals surface area (Å²) in [6.07, 6.45) is 2.08. The van der Waals surface area contributed by atoms with E-state index in [1.807, 2.05) is 23.6 Å². The Morgan fingerprint density at radius 2 is 2.06 bits per heavy atom. The molecule has 0 aliphatic carbocycles. The quantitative estimate of drug-likeness (QED) is 0.427. The van der Waals surface area contributed by atoms with Gasteiger partial charge in [0, 0.05) is 12.8 Å². The van der Waals surface area contributed by atoms with Crippen molar-refractivity contribution in [2.24, 2.45) is 5.73 Å². The number of halogens is 2. The Bertz CT molecular complexity index is 1060. The summed E-state index contributed by atoms with van der Waals surface area (Å²) >= 11 is 13.2. The highest BCUT2D eigenvalue weighted by Gasteiger charge is 2.17. The van der Waals surface area contributed by atoms with Crippen molar-refractivity contribution in [3.63, 3.8) is 0 Å². The summed E-state index contributed by atoms with van der Waals surface area (Å²) in [5.74, 6) is 0.854. The predicted octanol–water partition coefficient (Wildman–Crippen LogP) is 3.61. The predicted molar refractivity (Wildman–Crippen MR) is 119 cm³/mol. The van der Waals surface area contributed by atoms with Gasteiger partial charge >= 0.3 is 0 Å². The molecule has 0 fully saturated rings. The summed E-state index contributed by atoms with van der Waals surface area (Å²) in [7, 11) is 0. The Morgan fingerprint density at radius 1 is 1.26 bits per heavy atom. The van der Waals surface area contributed by atoms with Gasteiger partial charge in [-0.1, -0.05) is 41.0 Å². The van der Waals surface area contributed by atoms with E-state index in [2.05, 4.69) is 15.5 Å². The summed E-state index contributed by atoms with van der Waals surface area (Å²) in [6.45, 7) is 2.25. The number of thioether (sulfide) groups is 1. The number of nitrogens with two attached hydrogens (primary N) is 1. The molecule has 8 nitrogen and oxygen atoms in total. The Morgan fingerprint density at radius 3 is 2.74 bits per heavy atom. The van der Waals surface area contributed by atoms with Gasteiger partial charge < -0.3 is 15.5 Å². The van der Waals surface area contributed by atoms with Crippen LogP contribution < -0.4 is 11.1 Å². The zero-order valence-corrected chi connectivity index (χ0v) is 19.0. The Labute approximate surface area is 193 Å². The number of nitrogens with one attached hydrogen (secondary N) is 1. The van der Waals surface area contributed by atoms with Gasteiger partial charge in [-0.05, 0) is 36.8 Å². The molecule has 2 aromatic heterocycles. The van der Waals surface area contributed by atoms with Crippen LogP contribution in [0.25, 0.3) is 0 Å². The van der Waals surface area contributed by atoms with E-state index in [0.717, 1.165) is 5.56 Å². The third-order valence-corrected chi connectivity index (χ3v) is 6.14. The summed E-state index contributed by atoms with van der Waals surface area (Å²) in [4.78, 5) is 23.6. The molecule has 1 atom stereocenters. The first-order valence-electron chi connectivity index (χ1n) is 9.43. The normalized spacial score (nSPS) is 12.0. The summed E-state index contributed by atoms with van der Waals surface area (Å²) in [5, 5.41) is 12.7. The maximum absolute atomic E-state index is 12.5. The van der Waals surface area contributed by atoms with Crippen LogP contribution in [0, 0.1) is 0 Å². The van der Waals surface area contributed by atoms with Crippen LogP contribution in [0.4, 0.5) is 0 Å². The molecule has 0 aliphatic heterocycles. The molecular formula is C20H21Cl2N5O3S. The number of furan rings is 1. The van der Waals surface area contributed by atoms with Crippen LogP contribution in [-0.2, 0) is 22.6 Å². The van der Waals surface area contributed by atoms with Crippen LogP contribution in [0.5, 0.6) is 0 Å². The van der Waals surface area contributed by atoms with Crippen molar-refractivity contribution in [1.29, 1.82) is 0 Å². The van der Waals surface area contributed by atoms with Crippen molar-refractivity contribution in [3.8, 4) is 0 Å². The zero-order chi connectivity index (χ0) is 22.4. The molecule has 0 radical (unpaired) electrons. The number of carbonyl (C=O) groups is 2. The molecule has 0 aliphatic rings. The SMILES string of the molecule is CC(NC(=O)CSc1nnc(CCC(N)=O)n1Cc1ccco1)c1ccc(Cl)c(Cl)c1. The monoisotopic (exact) mass is 481 g/mol. The molecule has 0 spiro atoms. The van der Waals surface area contributed by atoms with Crippen molar-refractivity contribution in [2.75, 3.05) is 5.75 Å². The van der Waals surface area contributed by atoms with E-state index in [4.69, 9.17) is 33.4 Å². The number of primary amides is 1. The smallest absolute Gasteiger partial charge is 0.230 e. The van der Waals surface area contributed by atoms with E-state index in [0.29, 0.717) is 39.8 Å². The highest BCUT2D eigenvalue weighted by Crippen LogP contribution is 2.26. The number of hydrogen-bond acceptors (Lipinski definition) is 6. The Balaban J connectivity index is 1.64. The van der Waals surface area contributed by atoms with E-state index in [1.165, 1.54) is 11.8 Å². The highest BCUT2D eigenvalue weighted by molar-refractivity contribution is 7.99. The van der Waals surface area contributed by atoms with Crippen LogP contribution in [0.2, 0.25) is 10.0 Å². The molecule has 3 rings (SSSR count). The van der Waals surface area contributed by atoms with Crippen LogP contribution in [0.3, 0.4) is 0 Å². The first-order valence-corrected chi connectivity index (χ1v) is 11.2. The van der Waals surface area contributed by atoms with Gasteiger partial charge in [0.05, 0.1) is 34.6 Å². The first kappa shape index (κ1) is 23.2. The third kappa shape index (κ3) is 6.49. The lowest BCUT2D eigenvalue weighted by Crippen LogP contribution is -2.28. The molecule has 164 valence electrons. The molecule has 2 amide bonds. The van der Waals surface area contributed by atoms with E-state index < -0.39 is 5.91 Å². The van der Waals surface area contributed by atoms with E-state index in [9.17, 15) is 9.59 Å². The molecule has 0 saturated carbocycles. The second-order valence-electron chi connectivity index (χ2n) is 6.78. The molecule has 1 unspecified atom stereocenters. The van der Waals surface area contributed by atoms with Gasteiger partial charge in [0.25, 0.3) is 0 Å². The van der Waals surface area contributed by atoms with Crippen LogP contribution in [0.15, 0.2) is 46.2 Å². The van der Waals surface area contributed by atoms with Crippen LogP contribution in [-0.4, -0.2) is 32.3 Å².